The van der Waals surface area contributed by atoms with Gasteiger partial charge in [-0.3, -0.25) is 0 Å². The average molecular weight is 570 g/mol. The molecule has 3 aromatic rings. The van der Waals surface area contributed by atoms with Gasteiger partial charge in [-0.15, -0.1) is 5.10 Å². The van der Waals surface area contributed by atoms with Gasteiger partial charge in [-0.25, -0.2) is 9.48 Å². The van der Waals surface area contributed by atoms with Gasteiger partial charge in [0, 0.05) is 11.4 Å². The molecule has 1 fully saturated rings. The summed E-state index contributed by atoms with van der Waals surface area (Å²) in [4.78, 5) is 18.3. The molecule has 1 saturated carbocycles. The molecule has 2 aliphatic rings. The Morgan fingerprint density at radius 2 is 1.94 bits per heavy atom. The van der Waals surface area contributed by atoms with Crippen molar-refractivity contribution in [3.63, 3.8) is 0 Å². The van der Waals surface area contributed by atoms with E-state index in [9.17, 15) is 4.79 Å². The number of carbonyl (C=O) groups is 1. The first kappa shape index (κ1) is 24.9. The summed E-state index contributed by atoms with van der Waals surface area (Å²) in [5, 5.41) is 8.78. The molecule has 1 unspecified atom stereocenters. The second-order valence-corrected chi connectivity index (χ2v) is 10.9. The van der Waals surface area contributed by atoms with Gasteiger partial charge >= 0.3 is 5.97 Å². The number of fused-ring (bicyclic) bond motifs is 1. The maximum Gasteiger partial charge on any atom is 0.338 e. The van der Waals surface area contributed by atoms with Gasteiger partial charge < -0.3 is 14.8 Å². The smallest absolute Gasteiger partial charge is 0.338 e. The van der Waals surface area contributed by atoms with E-state index in [1.54, 1.807) is 23.6 Å². The number of aromatic nitrogens is 3. The number of allylic oxidation sites excluding steroid dienone is 1. The summed E-state index contributed by atoms with van der Waals surface area (Å²) in [5.41, 5.74) is 3.37. The summed E-state index contributed by atoms with van der Waals surface area (Å²) in [6, 6.07) is 15.6. The molecule has 0 bridgehead atoms. The highest BCUT2D eigenvalue weighted by Crippen LogP contribution is 2.39. The molecule has 1 atom stereocenters. The van der Waals surface area contributed by atoms with Gasteiger partial charge in [0.1, 0.15) is 17.9 Å². The molecule has 36 heavy (non-hydrogen) atoms. The normalized spacial score (nSPS) is 17.9. The zero-order chi connectivity index (χ0) is 25.1. The van der Waals surface area contributed by atoms with Crippen molar-refractivity contribution >= 4 is 39.6 Å². The molecule has 1 aliphatic heterocycles. The lowest BCUT2D eigenvalue weighted by molar-refractivity contribution is -0.146. The maximum atomic E-state index is 13.6. The van der Waals surface area contributed by atoms with E-state index in [0.29, 0.717) is 16.7 Å². The van der Waals surface area contributed by atoms with Gasteiger partial charge in [0.15, 0.2) is 0 Å². The summed E-state index contributed by atoms with van der Waals surface area (Å²) >= 11 is 5.17. The molecule has 1 aliphatic carbocycles. The number of benzene rings is 2. The Hall–Kier alpha value is -2.78. The Kier molecular flexibility index (Phi) is 7.67. The number of halogens is 1. The maximum absolute atomic E-state index is 13.6. The number of carbonyl (C=O) groups excluding carboxylic acids is 1. The van der Waals surface area contributed by atoms with E-state index in [1.165, 1.54) is 12.0 Å². The fourth-order valence-corrected chi connectivity index (χ4v) is 6.08. The van der Waals surface area contributed by atoms with Crippen LogP contribution < -0.4 is 10.1 Å². The number of methoxy groups -OCH3 is 1. The first-order valence-corrected chi connectivity index (χ1v) is 14.0. The minimum absolute atomic E-state index is 0.0380. The van der Waals surface area contributed by atoms with Gasteiger partial charge in [0.2, 0.25) is 11.1 Å². The standard InChI is InChI=1S/C27H29BrN4O3S/c1-17-23(25(33)35-20-11-7-4-8-12-20)24(19-13-14-22(34-2)21(28)15-19)32-26(29-17)30-27(31-32)36-16-18-9-5-3-6-10-18/h3,5-6,9-10,13-15,20,24H,4,7-8,11-12,16H2,1-2H3,(H,29,30,31). The summed E-state index contributed by atoms with van der Waals surface area (Å²) in [6.07, 6.45) is 5.18. The zero-order valence-electron chi connectivity index (χ0n) is 20.4. The highest BCUT2D eigenvalue weighted by atomic mass is 79.9. The number of hydrogen-bond acceptors (Lipinski definition) is 7. The fourth-order valence-electron chi connectivity index (χ4n) is 4.74. The van der Waals surface area contributed by atoms with Crippen LogP contribution in [0.5, 0.6) is 5.75 Å². The fraction of sp³-hybridized carbons (Fsp3) is 0.370. The second kappa shape index (κ2) is 11.1. The number of nitrogens with one attached hydrogen (secondary N) is 1. The predicted octanol–water partition coefficient (Wildman–Crippen LogP) is 6.51. The molecule has 9 heteroatoms. The molecule has 0 amide bonds. The van der Waals surface area contributed by atoms with Crippen molar-refractivity contribution in [2.75, 3.05) is 12.4 Å². The molecule has 0 radical (unpaired) electrons. The van der Waals surface area contributed by atoms with E-state index in [2.05, 4.69) is 33.4 Å². The van der Waals surface area contributed by atoms with Gasteiger partial charge in [-0.2, -0.15) is 4.98 Å². The lowest BCUT2D eigenvalue weighted by Gasteiger charge is -2.30. The lowest BCUT2D eigenvalue weighted by Crippen LogP contribution is -2.32. The molecular formula is C27H29BrN4O3S. The van der Waals surface area contributed by atoms with Gasteiger partial charge in [0.05, 0.1) is 17.2 Å². The van der Waals surface area contributed by atoms with Crippen molar-refractivity contribution in [1.82, 2.24) is 14.8 Å². The topological polar surface area (TPSA) is 78.3 Å². The molecular weight excluding hydrogens is 540 g/mol. The monoisotopic (exact) mass is 568 g/mol. The Morgan fingerprint density at radius 3 is 2.67 bits per heavy atom. The minimum atomic E-state index is -0.474. The molecule has 7 nitrogen and oxygen atoms in total. The van der Waals surface area contributed by atoms with Crippen molar-refractivity contribution in [3.8, 4) is 5.75 Å². The number of ether oxygens (including phenoxy) is 2. The van der Waals surface area contributed by atoms with E-state index in [1.807, 2.05) is 43.3 Å². The van der Waals surface area contributed by atoms with Crippen LogP contribution in [0.1, 0.15) is 56.2 Å². The van der Waals surface area contributed by atoms with Crippen LogP contribution in [0.4, 0.5) is 5.95 Å². The van der Waals surface area contributed by atoms with Gasteiger partial charge in [0.25, 0.3) is 0 Å². The molecule has 0 spiro atoms. The number of esters is 1. The molecule has 2 heterocycles. The first-order valence-electron chi connectivity index (χ1n) is 12.2. The van der Waals surface area contributed by atoms with Crippen molar-refractivity contribution in [2.24, 2.45) is 0 Å². The average Bonchev–Trinajstić information content (AvgIpc) is 3.30. The second-order valence-electron chi connectivity index (χ2n) is 9.06. The third-order valence-electron chi connectivity index (χ3n) is 6.58. The van der Waals surface area contributed by atoms with Crippen LogP contribution in [0.25, 0.3) is 0 Å². The number of rotatable bonds is 7. The van der Waals surface area contributed by atoms with Crippen molar-refractivity contribution in [2.45, 2.75) is 62.1 Å². The number of nitrogens with zero attached hydrogens (tertiary/aromatic N) is 3. The van der Waals surface area contributed by atoms with Crippen LogP contribution >= 0.6 is 27.7 Å². The van der Waals surface area contributed by atoms with E-state index < -0.39 is 6.04 Å². The number of anilines is 1. The summed E-state index contributed by atoms with van der Waals surface area (Å²) in [6.45, 7) is 1.90. The van der Waals surface area contributed by atoms with Crippen molar-refractivity contribution < 1.29 is 14.3 Å². The number of hydrogen-bond donors (Lipinski definition) is 1. The molecule has 1 aromatic heterocycles. The molecule has 0 saturated heterocycles. The summed E-state index contributed by atoms with van der Waals surface area (Å²) in [7, 11) is 1.63. The molecule has 188 valence electrons. The third-order valence-corrected chi connectivity index (χ3v) is 8.11. The predicted molar refractivity (Wildman–Crippen MR) is 144 cm³/mol. The van der Waals surface area contributed by atoms with E-state index in [4.69, 9.17) is 19.6 Å². The van der Waals surface area contributed by atoms with E-state index in [0.717, 1.165) is 52.9 Å². The Labute approximate surface area is 223 Å². The van der Waals surface area contributed by atoms with E-state index >= 15 is 0 Å². The van der Waals surface area contributed by atoms with Gasteiger partial charge in [-0.05, 0) is 71.8 Å². The number of thioether (sulfide) groups is 1. The Bertz CT molecular complexity index is 1270. The Balaban J connectivity index is 1.49. The van der Waals surface area contributed by atoms with Crippen LogP contribution in [-0.2, 0) is 15.3 Å². The highest BCUT2D eigenvalue weighted by molar-refractivity contribution is 9.10. The van der Waals surface area contributed by atoms with Crippen molar-refractivity contribution in [3.05, 3.63) is 75.4 Å². The van der Waals surface area contributed by atoms with E-state index in [-0.39, 0.29) is 12.1 Å². The van der Waals surface area contributed by atoms with Crippen molar-refractivity contribution in [1.29, 1.82) is 0 Å². The van der Waals surface area contributed by atoms with Crippen LogP contribution in [-0.4, -0.2) is 33.9 Å². The lowest BCUT2D eigenvalue weighted by atomic mass is 9.95. The first-order chi connectivity index (χ1) is 17.5. The van der Waals surface area contributed by atoms with Gasteiger partial charge in [-0.1, -0.05) is 54.6 Å². The molecule has 1 N–H and O–H groups in total. The zero-order valence-corrected chi connectivity index (χ0v) is 22.8. The van der Waals surface area contributed by atoms with Crippen LogP contribution in [0.15, 0.2) is 69.4 Å². The third kappa shape index (κ3) is 5.32. The molecule has 5 rings (SSSR count). The Morgan fingerprint density at radius 1 is 1.17 bits per heavy atom. The van der Waals surface area contributed by atoms with Crippen LogP contribution in [0.2, 0.25) is 0 Å². The minimum Gasteiger partial charge on any atom is -0.496 e. The summed E-state index contributed by atoms with van der Waals surface area (Å²) in [5.74, 6) is 1.78. The van der Waals surface area contributed by atoms with Crippen LogP contribution in [0.3, 0.4) is 0 Å². The SMILES string of the molecule is COc1ccc(C2C(C(=O)OC3CCCCC3)=C(C)Nc3nc(SCc4ccccc4)nn32)cc1Br. The largest absolute Gasteiger partial charge is 0.496 e. The highest BCUT2D eigenvalue weighted by Gasteiger charge is 2.36. The summed E-state index contributed by atoms with van der Waals surface area (Å²) < 4.78 is 14.0. The molecule has 2 aromatic carbocycles. The quantitative estimate of drug-likeness (QED) is 0.257. The van der Waals surface area contributed by atoms with Crippen LogP contribution in [0, 0.1) is 0 Å².